The maximum Gasteiger partial charge on any atom is 0.0588 e. The molecule has 1 aromatic heterocycles. The van der Waals surface area contributed by atoms with Gasteiger partial charge in [0, 0.05) is 4.88 Å². The normalized spacial score (nSPS) is 13.0. The molecule has 0 aliphatic heterocycles. The molecule has 54 valence electrons. The quantitative estimate of drug-likeness (QED) is 0.684. The largest absolute Gasteiger partial charge is 0.320 e. The van der Waals surface area contributed by atoms with E-state index in [0.717, 1.165) is 9.90 Å². The summed E-state index contributed by atoms with van der Waals surface area (Å²) in [7, 11) is 0. The van der Waals surface area contributed by atoms with Crippen molar-refractivity contribution in [1.82, 2.24) is 0 Å². The Morgan fingerprint density at radius 2 is 2.50 bits per heavy atom. The third kappa shape index (κ3) is 1.40. The molecule has 10 heavy (non-hydrogen) atoms. The van der Waals surface area contributed by atoms with Crippen LogP contribution in [0.25, 0.3) is 0 Å². The number of rotatable bonds is 2. The van der Waals surface area contributed by atoms with Crippen molar-refractivity contribution >= 4 is 22.9 Å². The van der Waals surface area contributed by atoms with E-state index in [1.165, 1.54) is 0 Å². The van der Waals surface area contributed by atoms with Gasteiger partial charge in [-0.3, -0.25) is 0 Å². The SMILES string of the molecule is C=C[C@@H](N)c1sccc1Cl. The highest BCUT2D eigenvalue weighted by Gasteiger charge is 2.06. The molecule has 0 saturated carbocycles. The van der Waals surface area contributed by atoms with Crippen LogP contribution in [0, 0.1) is 0 Å². The lowest BCUT2D eigenvalue weighted by Crippen LogP contribution is -2.04. The molecule has 0 spiro atoms. The highest BCUT2D eigenvalue weighted by atomic mass is 35.5. The van der Waals surface area contributed by atoms with Crippen molar-refractivity contribution in [2.45, 2.75) is 6.04 Å². The number of halogens is 1. The second kappa shape index (κ2) is 3.19. The monoisotopic (exact) mass is 173 g/mol. The van der Waals surface area contributed by atoms with Crippen molar-refractivity contribution in [1.29, 1.82) is 0 Å². The predicted octanol–water partition coefficient (Wildman–Crippen LogP) is 2.59. The molecular formula is C7H8ClNS. The number of hydrogen-bond donors (Lipinski definition) is 1. The molecule has 0 aliphatic carbocycles. The van der Waals surface area contributed by atoms with Crippen molar-refractivity contribution in [2.24, 2.45) is 5.73 Å². The fourth-order valence-electron chi connectivity index (χ4n) is 0.650. The molecule has 2 N–H and O–H groups in total. The van der Waals surface area contributed by atoms with Crippen LogP contribution in [0.5, 0.6) is 0 Å². The molecule has 0 unspecified atom stereocenters. The summed E-state index contributed by atoms with van der Waals surface area (Å²) < 4.78 is 0. The van der Waals surface area contributed by atoms with Gasteiger partial charge in [-0.25, -0.2) is 0 Å². The van der Waals surface area contributed by atoms with E-state index in [0.29, 0.717) is 0 Å². The Balaban J connectivity index is 2.92. The van der Waals surface area contributed by atoms with Crippen molar-refractivity contribution in [3.8, 4) is 0 Å². The molecule has 1 atom stereocenters. The van der Waals surface area contributed by atoms with Crippen molar-refractivity contribution < 1.29 is 0 Å². The Hall–Kier alpha value is -0.310. The smallest absolute Gasteiger partial charge is 0.0588 e. The molecule has 1 aromatic rings. The summed E-state index contributed by atoms with van der Waals surface area (Å²) in [5, 5.41) is 2.65. The molecule has 0 saturated heterocycles. The van der Waals surface area contributed by atoms with E-state index in [-0.39, 0.29) is 6.04 Å². The van der Waals surface area contributed by atoms with Gasteiger partial charge in [0.15, 0.2) is 0 Å². The maximum absolute atomic E-state index is 5.80. The predicted molar refractivity (Wildman–Crippen MR) is 46.5 cm³/mol. The molecule has 1 nitrogen and oxygen atoms in total. The van der Waals surface area contributed by atoms with E-state index < -0.39 is 0 Å². The van der Waals surface area contributed by atoms with Crippen LogP contribution < -0.4 is 5.73 Å². The van der Waals surface area contributed by atoms with Crippen LogP contribution in [0.1, 0.15) is 10.9 Å². The van der Waals surface area contributed by atoms with Crippen molar-refractivity contribution in [3.63, 3.8) is 0 Å². The van der Waals surface area contributed by atoms with Crippen LogP contribution in [0.15, 0.2) is 24.1 Å². The standard InChI is InChI=1S/C7H8ClNS/c1-2-6(9)7-5(8)3-4-10-7/h2-4,6H,1,9H2/t6-/m1/s1. The molecule has 0 radical (unpaired) electrons. The highest BCUT2D eigenvalue weighted by Crippen LogP contribution is 2.27. The lowest BCUT2D eigenvalue weighted by Gasteiger charge is -2.01. The first-order valence-corrected chi connectivity index (χ1v) is 4.12. The Morgan fingerprint density at radius 1 is 1.80 bits per heavy atom. The molecule has 1 rings (SSSR count). The molecule has 0 amide bonds. The first-order chi connectivity index (χ1) is 4.75. The van der Waals surface area contributed by atoms with Gasteiger partial charge in [-0.2, -0.15) is 0 Å². The lowest BCUT2D eigenvalue weighted by molar-refractivity contribution is 0.940. The molecule has 0 bridgehead atoms. The first-order valence-electron chi connectivity index (χ1n) is 2.86. The fraction of sp³-hybridized carbons (Fsp3) is 0.143. The third-order valence-electron chi connectivity index (χ3n) is 1.20. The van der Waals surface area contributed by atoms with E-state index in [1.807, 2.05) is 11.4 Å². The second-order valence-corrected chi connectivity index (χ2v) is 3.25. The zero-order valence-corrected chi connectivity index (χ0v) is 6.95. The van der Waals surface area contributed by atoms with E-state index >= 15 is 0 Å². The van der Waals surface area contributed by atoms with E-state index in [1.54, 1.807) is 17.4 Å². The number of hydrogen-bond acceptors (Lipinski definition) is 2. The summed E-state index contributed by atoms with van der Waals surface area (Å²) in [6, 6.07) is 1.72. The molecule has 0 aromatic carbocycles. The van der Waals surface area contributed by atoms with E-state index in [2.05, 4.69) is 6.58 Å². The minimum absolute atomic E-state index is 0.118. The Bertz CT molecular complexity index is 231. The van der Waals surface area contributed by atoms with Crippen LogP contribution in [0.2, 0.25) is 5.02 Å². The summed E-state index contributed by atoms with van der Waals surface area (Å²) in [5.41, 5.74) is 5.65. The van der Waals surface area contributed by atoms with E-state index in [9.17, 15) is 0 Å². The van der Waals surface area contributed by atoms with Gasteiger partial charge >= 0.3 is 0 Å². The highest BCUT2D eigenvalue weighted by molar-refractivity contribution is 7.10. The van der Waals surface area contributed by atoms with Gasteiger partial charge < -0.3 is 5.73 Å². The fourth-order valence-corrected chi connectivity index (χ4v) is 1.83. The summed E-state index contributed by atoms with van der Waals surface area (Å²) in [6.07, 6.45) is 1.68. The topological polar surface area (TPSA) is 26.0 Å². The van der Waals surface area contributed by atoms with Gasteiger partial charge in [-0.1, -0.05) is 17.7 Å². The van der Waals surface area contributed by atoms with Gasteiger partial charge in [0.1, 0.15) is 0 Å². The van der Waals surface area contributed by atoms with Crippen LogP contribution >= 0.6 is 22.9 Å². The van der Waals surface area contributed by atoms with Crippen LogP contribution in [0.4, 0.5) is 0 Å². The average Bonchev–Trinajstić information content (AvgIpc) is 2.34. The lowest BCUT2D eigenvalue weighted by atomic mass is 10.2. The maximum atomic E-state index is 5.80. The zero-order chi connectivity index (χ0) is 7.56. The Morgan fingerprint density at radius 3 is 2.90 bits per heavy atom. The summed E-state index contributed by atoms with van der Waals surface area (Å²) in [6.45, 7) is 3.58. The minimum atomic E-state index is -0.118. The van der Waals surface area contributed by atoms with Crippen molar-refractivity contribution in [3.05, 3.63) is 34.0 Å². The van der Waals surface area contributed by atoms with Crippen molar-refractivity contribution in [2.75, 3.05) is 0 Å². The second-order valence-electron chi connectivity index (χ2n) is 1.89. The van der Waals surface area contributed by atoms with Crippen LogP contribution in [-0.4, -0.2) is 0 Å². The van der Waals surface area contributed by atoms with Gasteiger partial charge in [0.2, 0.25) is 0 Å². The molecule has 0 fully saturated rings. The van der Waals surface area contributed by atoms with Gasteiger partial charge in [-0.05, 0) is 11.4 Å². The number of nitrogens with two attached hydrogens (primary N) is 1. The minimum Gasteiger partial charge on any atom is -0.320 e. The molecule has 3 heteroatoms. The number of thiophene rings is 1. The summed E-state index contributed by atoms with van der Waals surface area (Å²) in [5.74, 6) is 0. The third-order valence-corrected chi connectivity index (χ3v) is 2.66. The first kappa shape index (κ1) is 7.79. The zero-order valence-electron chi connectivity index (χ0n) is 5.38. The Labute approximate surface area is 69.1 Å². The van der Waals surface area contributed by atoms with Gasteiger partial charge in [-0.15, -0.1) is 17.9 Å². The van der Waals surface area contributed by atoms with E-state index in [4.69, 9.17) is 17.3 Å². The molecule has 1 heterocycles. The Kier molecular flexibility index (Phi) is 2.49. The average molecular weight is 174 g/mol. The van der Waals surface area contributed by atoms with Gasteiger partial charge in [0.25, 0.3) is 0 Å². The molecule has 0 aliphatic rings. The molecular weight excluding hydrogens is 166 g/mol. The summed E-state index contributed by atoms with van der Waals surface area (Å²) in [4.78, 5) is 0.983. The van der Waals surface area contributed by atoms with Gasteiger partial charge in [0.05, 0.1) is 11.1 Å². The van der Waals surface area contributed by atoms with Crippen LogP contribution in [0.3, 0.4) is 0 Å². The van der Waals surface area contributed by atoms with Crippen LogP contribution in [-0.2, 0) is 0 Å². The summed E-state index contributed by atoms with van der Waals surface area (Å²) >= 11 is 7.35.